The monoisotopic (exact) mass is 519 g/mol. The lowest BCUT2D eigenvalue weighted by molar-refractivity contribution is -0.134. The summed E-state index contributed by atoms with van der Waals surface area (Å²) < 4.78 is 6.60. The molecule has 1 amide bonds. The van der Waals surface area contributed by atoms with Crippen LogP contribution in [0.15, 0.2) is 76.9 Å². The van der Waals surface area contributed by atoms with Crippen LogP contribution in [0.1, 0.15) is 11.1 Å². The maximum absolute atomic E-state index is 12.4. The number of carbonyl (C=O) groups excluding carboxylic acids is 1. The molecular formula is C23H16BrCl2NO4. The maximum atomic E-state index is 12.4. The predicted molar refractivity (Wildman–Crippen MR) is 125 cm³/mol. The summed E-state index contributed by atoms with van der Waals surface area (Å²) in [7, 11) is 0. The van der Waals surface area contributed by atoms with Crippen LogP contribution in [0.2, 0.25) is 10.0 Å². The largest absolute Gasteiger partial charge is 0.477 e. The van der Waals surface area contributed by atoms with Crippen molar-refractivity contribution in [1.82, 2.24) is 5.32 Å². The van der Waals surface area contributed by atoms with Gasteiger partial charge in [0.2, 0.25) is 5.91 Å². The van der Waals surface area contributed by atoms with E-state index < -0.39 is 11.9 Å². The molecule has 0 saturated carbocycles. The molecule has 3 aromatic rings. The Balaban J connectivity index is 1.72. The molecule has 0 aliphatic heterocycles. The van der Waals surface area contributed by atoms with Crippen molar-refractivity contribution in [2.45, 2.75) is 6.42 Å². The number of carboxylic acids is 1. The van der Waals surface area contributed by atoms with E-state index in [1.807, 2.05) is 24.3 Å². The van der Waals surface area contributed by atoms with Crippen LogP contribution in [0.25, 0.3) is 6.08 Å². The summed E-state index contributed by atoms with van der Waals surface area (Å²) in [6.07, 6.45) is 1.21. The molecule has 0 saturated heterocycles. The Bertz CT molecular complexity index is 1130. The first-order chi connectivity index (χ1) is 14.8. The van der Waals surface area contributed by atoms with E-state index in [1.165, 1.54) is 6.08 Å². The zero-order chi connectivity index (χ0) is 22.4. The number of amides is 1. The number of carbonyl (C=O) groups is 2. The maximum Gasteiger partial charge on any atom is 0.352 e. The Morgan fingerprint density at radius 2 is 1.61 bits per heavy atom. The lowest BCUT2D eigenvalue weighted by atomic mass is 10.1. The zero-order valence-corrected chi connectivity index (χ0v) is 19.0. The van der Waals surface area contributed by atoms with Gasteiger partial charge in [-0.2, -0.15) is 0 Å². The second-order valence-electron chi connectivity index (χ2n) is 6.39. The minimum Gasteiger partial charge on any atom is -0.477 e. The van der Waals surface area contributed by atoms with E-state index in [1.54, 1.807) is 42.5 Å². The summed E-state index contributed by atoms with van der Waals surface area (Å²) >= 11 is 15.6. The van der Waals surface area contributed by atoms with Gasteiger partial charge in [-0.05, 0) is 69.5 Å². The highest BCUT2D eigenvalue weighted by molar-refractivity contribution is 9.10. The zero-order valence-electron chi connectivity index (χ0n) is 15.9. The first-order valence-corrected chi connectivity index (χ1v) is 10.6. The number of benzene rings is 3. The number of carboxylic acid groups (broad SMARTS) is 1. The van der Waals surface area contributed by atoms with Gasteiger partial charge in [-0.3, -0.25) is 4.79 Å². The highest BCUT2D eigenvalue weighted by atomic mass is 79.9. The van der Waals surface area contributed by atoms with Crippen molar-refractivity contribution >= 4 is 57.1 Å². The molecule has 0 radical (unpaired) electrons. The van der Waals surface area contributed by atoms with E-state index in [4.69, 9.17) is 27.9 Å². The van der Waals surface area contributed by atoms with Gasteiger partial charge in [0.05, 0.1) is 10.9 Å². The Morgan fingerprint density at radius 3 is 2.23 bits per heavy atom. The van der Waals surface area contributed by atoms with Crippen LogP contribution >= 0.6 is 39.1 Å². The third kappa shape index (κ3) is 6.34. The molecular weight excluding hydrogens is 505 g/mol. The van der Waals surface area contributed by atoms with Crippen molar-refractivity contribution < 1.29 is 19.4 Å². The molecule has 3 aromatic carbocycles. The van der Waals surface area contributed by atoms with E-state index in [-0.39, 0.29) is 12.1 Å². The van der Waals surface area contributed by atoms with Crippen molar-refractivity contribution in [2.24, 2.45) is 0 Å². The van der Waals surface area contributed by atoms with Gasteiger partial charge in [0.25, 0.3) is 0 Å². The van der Waals surface area contributed by atoms with E-state index in [0.29, 0.717) is 32.7 Å². The summed E-state index contributed by atoms with van der Waals surface area (Å²) in [5, 5.41) is 12.5. The molecule has 0 aromatic heterocycles. The Kier molecular flexibility index (Phi) is 7.74. The molecule has 0 aliphatic rings. The van der Waals surface area contributed by atoms with Gasteiger partial charge in [-0.25, -0.2) is 4.79 Å². The number of halogens is 3. The van der Waals surface area contributed by atoms with Gasteiger partial charge in [0.1, 0.15) is 17.2 Å². The van der Waals surface area contributed by atoms with Crippen LogP contribution in [0.5, 0.6) is 11.5 Å². The fourth-order valence-electron chi connectivity index (χ4n) is 2.66. The predicted octanol–water partition coefficient (Wildman–Crippen LogP) is 6.33. The van der Waals surface area contributed by atoms with Crippen molar-refractivity contribution in [3.63, 3.8) is 0 Å². The average molecular weight is 521 g/mol. The van der Waals surface area contributed by atoms with Gasteiger partial charge >= 0.3 is 5.97 Å². The van der Waals surface area contributed by atoms with Crippen LogP contribution in [0.4, 0.5) is 0 Å². The molecule has 31 heavy (non-hydrogen) atoms. The number of hydrogen-bond donors (Lipinski definition) is 2. The molecule has 158 valence electrons. The molecule has 0 heterocycles. The molecule has 0 fully saturated rings. The van der Waals surface area contributed by atoms with Gasteiger partial charge < -0.3 is 15.2 Å². The van der Waals surface area contributed by atoms with Crippen molar-refractivity contribution in [3.05, 3.63) is 98.1 Å². The standard InChI is InChI=1S/C23H16BrCl2NO4/c24-17-4-1-2-7-21(17)31-15-10-8-14(9-11-15)12-20(23(29)30)27-22(28)13-16-18(25)5-3-6-19(16)26/h1-12H,13H2,(H,27,28)(H,29,30). The van der Waals surface area contributed by atoms with Gasteiger partial charge in [0, 0.05) is 10.0 Å². The minimum atomic E-state index is -1.27. The molecule has 0 atom stereocenters. The van der Waals surface area contributed by atoms with Crippen LogP contribution in [-0.4, -0.2) is 17.0 Å². The Labute approximate surface area is 197 Å². The first-order valence-electron chi connectivity index (χ1n) is 9.03. The van der Waals surface area contributed by atoms with Crippen molar-refractivity contribution in [2.75, 3.05) is 0 Å². The van der Waals surface area contributed by atoms with E-state index in [2.05, 4.69) is 21.2 Å². The summed E-state index contributed by atoms with van der Waals surface area (Å²) in [5.41, 5.74) is 0.738. The molecule has 2 N–H and O–H groups in total. The highest BCUT2D eigenvalue weighted by Gasteiger charge is 2.15. The van der Waals surface area contributed by atoms with Crippen LogP contribution in [-0.2, 0) is 16.0 Å². The Hall–Kier alpha value is -2.80. The van der Waals surface area contributed by atoms with Gasteiger partial charge in [-0.1, -0.05) is 53.5 Å². The van der Waals surface area contributed by atoms with Gasteiger partial charge in [-0.15, -0.1) is 0 Å². The summed E-state index contributed by atoms with van der Waals surface area (Å²) in [5.74, 6) is -0.578. The fourth-order valence-corrected chi connectivity index (χ4v) is 3.56. The second-order valence-corrected chi connectivity index (χ2v) is 8.06. The quantitative estimate of drug-likeness (QED) is 0.357. The van der Waals surface area contributed by atoms with Crippen molar-refractivity contribution in [1.29, 1.82) is 0 Å². The average Bonchev–Trinajstić information content (AvgIpc) is 2.73. The molecule has 8 heteroatoms. The van der Waals surface area contributed by atoms with Crippen LogP contribution in [0.3, 0.4) is 0 Å². The lowest BCUT2D eigenvalue weighted by Gasteiger charge is -2.10. The number of rotatable bonds is 7. The van der Waals surface area contributed by atoms with Crippen LogP contribution < -0.4 is 10.1 Å². The number of hydrogen-bond acceptors (Lipinski definition) is 3. The molecule has 0 spiro atoms. The third-order valence-corrected chi connectivity index (χ3v) is 5.52. The molecule has 0 bridgehead atoms. The normalized spacial score (nSPS) is 11.1. The summed E-state index contributed by atoms with van der Waals surface area (Å²) in [4.78, 5) is 24.0. The van der Waals surface area contributed by atoms with E-state index in [9.17, 15) is 14.7 Å². The molecule has 3 rings (SSSR count). The topological polar surface area (TPSA) is 75.6 Å². The summed E-state index contributed by atoms with van der Waals surface area (Å²) in [6, 6.07) is 19.1. The molecule has 5 nitrogen and oxygen atoms in total. The first kappa shape index (κ1) is 22.9. The third-order valence-electron chi connectivity index (χ3n) is 4.16. The second kappa shape index (κ2) is 10.5. The number of ether oxygens (including phenoxy) is 1. The minimum absolute atomic E-state index is 0.151. The van der Waals surface area contributed by atoms with Gasteiger partial charge in [0.15, 0.2) is 0 Å². The van der Waals surface area contributed by atoms with E-state index >= 15 is 0 Å². The molecule has 0 unspecified atom stereocenters. The lowest BCUT2D eigenvalue weighted by Crippen LogP contribution is -2.28. The fraction of sp³-hybridized carbons (Fsp3) is 0.0435. The van der Waals surface area contributed by atoms with Crippen LogP contribution in [0, 0.1) is 0 Å². The number of aliphatic carboxylic acids is 1. The number of para-hydroxylation sites is 1. The number of nitrogens with one attached hydrogen (secondary N) is 1. The molecule has 0 aliphatic carbocycles. The SMILES string of the molecule is O=C(Cc1c(Cl)cccc1Cl)NC(=Cc1ccc(Oc2ccccc2Br)cc1)C(=O)O. The summed E-state index contributed by atoms with van der Waals surface area (Å²) in [6.45, 7) is 0. The van der Waals surface area contributed by atoms with E-state index in [0.717, 1.165) is 4.47 Å². The smallest absolute Gasteiger partial charge is 0.352 e. The van der Waals surface area contributed by atoms with Crippen molar-refractivity contribution in [3.8, 4) is 11.5 Å². The Morgan fingerprint density at radius 1 is 0.968 bits per heavy atom. The highest BCUT2D eigenvalue weighted by Crippen LogP contribution is 2.29.